The van der Waals surface area contributed by atoms with Crippen LogP contribution in [0.15, 0.2) is 119 Å². The third-order valence-corrected chi connectivity index (χ3v) is 14.0. The first kappa shape index (κ1) is 27.5. The van der Waals surface area contributed by atoms with E-state index in [2.05, 4.69) is 0 Å². The Kier molecular flexibility index (Phi) is 7.13. The molecule has 1 aliphatic heterocycles. The van der Waals surface area contributed by atoms with Gasteiger partial charge in [0.2, 0.25) is 0 Å². The Morgan fingerprint density at radius 1 is 0.564 bits per heavy atom. The molecule has 0 spiro atoms. The van der Waals surface area contributed by atoms with Crippen LogP contribution in [0.25, 0.3) is 0 Å². The molecule has 39 heavy (non-hydrogen) atoms. The average Bonchev–Trinajstić information content (AvgIpc) is 3.18. The molecule has 11 heteroatoms. The van der Waals surface area contributed by atoms with Gasteiger partial charge in [-0.05, 0) is 49.2 Å². The summed E-state index contributed by atoms with van der Waals surface area (Å²) in [6.45, 7) is 3.58. The van der Waals surface area contributed by atoms with Gasteiger partial charge in [-0.1, -0.05) is 104 Å². The predicted molar refractivity (Wildman–Crippen MR) is 149 cm³/mol. The number of rotatable bonds is 6. The molecule has 0 aliphatic carbocycles. The van der Waals surface area contributed by atoms with E-state index in [0.717, 1.165) is 11.1 Å². The first-order valence-electron chi connectivity index (χ1n) is 12.1. The van der Waals surface area contributed by atoms with Gasteiger partial charge in [0.25, 0.3) is 20.0 Å². The zero-order valence-electron chi connectivity index (χ0n) is 21.2. The number of nitrogens with zero attached hydrogens (tertiary/aromatic N) is 2. The molecule has 0 amide bonds. The van der Waals surface area contributed by atoms with Gasteiger partial charge in [-0.2, -0.15) is 0 Å². The lowest BCUT2D eigenvalue weighted by atomic mass is 9.95. The fraction of sp³-hybridized carbons (Fsp3) is 0.143. The van der Waals surface area contributed by atoms with Gasteiger partial charge in [0.05, 0.1) is 21.9 Å². The van der Waals surface area contributed by atoms with Crippen molar-refractivity contribution < 1.29 is 26.3 Å². The normalized spacial score (nSPS) is 22.6. The zero-order valence-corrected chi connectivity index (χ0v) is 23.7. The molecule has 1 N–H and O–H groups in total. The van der Waals surface area contributed by atoms with Crippen LogP contribution >= 0.6 is 7.67 Å². The Morgan fingerprint density at radius 2 is 0.872 bits per heavy atom. The number of aryl methyl sites for hydroxylation is 2. The van der Waals surface area contributed by atoms with Crippen molar-refractivity contribution in [2.24, 2.45) is 0 Å². The average molecular weight is 583 g/mol. The Labute approximate surface area is 228 Å². The lowest BCUT2D eigenvalue weighted by Gasteiger charge is -2.27. The number of sulfonamides is 2. The van der Waals surface area contributed by atoms with Crippen LogP contribution in [0.1, 0.15) is 34.3 Å². The smallest absolute Gasteiger partial charge is 0.320 e. The van der Waals surface area contributed by atoms with Crippen LogP contribution in [0.3, 0.4) is 0 Å². The molecule has 5 rings (SSSR count). The van der Waals surface area contributed by atoms with Crippen LogP contribution in [-0.2, 0) is 24.6 Å². The van der Waals surface area contributed by atoms with E-state index < -0.39 is 39.8 Å². The third-order valence-electron chi connectivity index (χ3n) is 6.70. The molecule has 8 nitrogen and oxygen atoms in total. The van der Waals surface area contributed by atoms with Gasteiger partial charge in [0, 0.05) is 0 Å². The van der Waals surface area contributed by atoms with Crippen molar-refractivity contribution in [2.45, 2.75) is 35.7 Å². The summed E-state index contributed by atoms with van der Waals surface area (Å²) in [5.41, 5.74) is 2.34. The lowest BCUT2D eigenvalue weighted by Crippen LogP contribution is -2.29. The molecule has 0 saturated carbocycles. The van der Waals surface area contributed by atoms with E-state index in [1.165, 1.54) is 24.3 Å². The maximum atomic E-state index is 14.5. The van der Waals surface area contributed by atoms with Crippen molar-refractivity contribution in [1.29, 1.82) is 0 Å². The highest BCUT2D eigenvalue weighted by molar-refractivity contribution is 7.99. The van der Waals surface area contributed by atoms with Crippen molar-refractivity contribution >= 4 is 27.7 Å². The van der Waals surface area contributed by atoms with E-state index in [1.54, 1.807) is 98.8 Å². The highest BCUT2D eigenvalue weighted by atomic mass is 32.2. The van der Waals surface area contributed by atoms with E-state index in [-0.39, 0.29) is 9.79 Å². The predicted octanol–water partition coefficient (Wildman–Crippen LogP) is 5.58. The monoisotopic (exact) mass is 582 g/mol. The molecule has 0 radical (unpaired) electrons. The van der Waals surface area contributed by atoms with Gasteiger partial charge >= 0.3 is 7.67 Å². The van der Waals surface area contributed by atoms with E-state index in [4.69, 9.17) is 0 Å². The fourth-order valence-electron chi connectivity index (χ4n) is 4.79. The van der Waals surface area contributed by atoms with E-state index in [9.17, 15) is 26.3 Å². The summed E-state index contributed by atoms with van der Waals surface area (Å²) in [5.74, 6) is 0. The van der Waals surface area contributed by atoms with Gasteiger partial charge in [0.15, 0.2) is 0 Å². The van der Waals surface area contributed by atoms with Crippen LogP contribution in [0.5, 0.6) is 0 Å². The SMILES string of the molecule is Cc1ccc(S(=O)(=O)N2[C@H](c3ccccc3)[C@H](c3ccccc3)N(S(=O)(=O)c3ccc(C)cc3)P2(=O)O)cc1. The second-order valence-corrected chi connectivity index (χ2v) is 15.5. The highest BCUT2D eigenvalue weighted by Gasteiger charge is 2.65. The van der Waals surface area contributed by atoms with E-state index >= 15 is 0 Å². The fourth-order valence-corrected chi connectivity index (χ4v) is 12.0. The summed E-state index contributed by atoms with van der Waals surface area (Å²) in [6, 6.07) is 25.7. The Balaban J connectivity index is 1.83. The van der Waals surface area contributed by atoms with E-state index in [0.29, 0.717) is 19.3 Å². The first-order valence-corrected chi connectivity index (χ1v) is 16.6. The molecule has 0 aromatic heterocycles. The standard InChI is InChI=1S/C28H27N2O6PS2/c1-21-13-17-25(18-14-21)38(33,34)29-27(23-9-5-3-6-10-23)28(24-11-7-4-8-12-24)30(37(29,31)32)39(35,36)26-19-15-22(2)16-20-26/h3-20,27-28H,1-2H3,(H,31,32)/t27-,28+. The molecule has 3 atom stereocenters. The van der Waals surface area contributed by atoms with Crippen molar-refractivity contribution in [2.75, 3.05) is 0 Å². The number of hydrogen-bond acceptors (Lipinski definition) is 5. The molecular weight excluding hydrogens is 555 g/mol. The van der Waals surface area contributed by atoms with Crippen LogP contribution < -0.4 is 0 Å². The molecular formula is C28H27N2O6PS2. The Hall–Kier alpha value is -3.11. The van der Waals surface area contributed by atoms with Gasteiger partial charge in [0.1, 0.15) is 0 Å². The van der Waals surface area contributed by atoms with E-state index in [1.807, 2.05) is 0 Å². The van der Waals surface area contributed by atoms with Crippen molar-refractivity contribution in [3.63, 3.8) is 0 Å². The van der Waals surface area contributed by atoms with Crippen molar-refractivity contribution in [3.05, 3.63) is 131 Å². The number of benzene rings is 4. The van der Waals surface area contributed by atoms with Crippen molar-refractivity contribution in [3.8, 4) is 0 Å². The molecule has 1 unspecified atom stereocenters. The van der Waals surface area contributed by atoms with Gasteiger partial charge in [-0.25, -0.2) is 16.8 Å². The first-order chi connectivity index (χ1) is 18.5. The lowest BCUT2D eigenvalue weighted by molar-refractivity contribution is 0.377. The Morgan fingerprint density at radius 3 is 1.18 bits per heavy atom. The minimum atomic E-state index is -5.31. The molecule has 4 aromatic rings. The molecule has 202 valence electrons. The summed E-state index contributed by atoms with van der Waals surface area (Å²) in [4.78, 5) is 11.3. The molecule has 1 aliphatic rings. The largest absolute Gasteiger partial charge is 0.372 e. The van der Waals surface area contributed by atoms with Gasteiger partial charge < -0.3 is 4.89 Å². The molecule has 1 heterocycles. The van der Waals surface area contributed by atoms with Crippen LogP contribution in [-0.4, -0.2) is 29.9 Å². The number of hydrogen-bond donors (Lipinski definition) is 1. The maximum Gasteiger partial charge on any atom is 0.372 e. The topological polar surface area (TPSA) is 112 Å². The van der Waals surface area contributed by atoms with Crippen LogP contribution in [0, 0.1) is 13.8 Å². The van der Waals surface area contributed by atoms with Gasteiger partial charge in [-0.3, -0.25) is 4.57 Å². The zero-order chi connectivity index (χ0) is 28.0. The minimum absolute atomic E-state index is 0.218. The molecule has 4 aromatic carbocycles. The molecule has 1 fully saturated rings. The summed E-state index contributed by atoms with van der Waals surface area (Å²) in [6.07, 6.45) is 0. The summed E-state index contributed by atoms with van der Waals surface area (Å²) in [5, 5.41) is 0. The summed E-state index contributed by atoms with van der Waals surface area (Å²) < 4.78 is 72.0. The summed E-state index contributed by atoms with van der Waals surface area (Å²) in [7, 11) is -14.7. The van der Waals surface area contributed by atoms with Crippen LogP contribution in [0.4, 0.5) is 0 Å². The molecule has 0 bridgehead atoms. The summed E-state index contributed by atoms with van der Waals surface area (Å²) >= 11 is 0. The maximum absolute atomic E-state index is 14.5. The highest BCUT2D eigenvalue weighted by Crippen LogP contribution is 2.70. The molecule has 1 saturated heterocycles. The van der Waals surface area contributed by atoms with Gasteiger partial charge in [-0.15, -0.1) is 0 Å². The Bertz CT molecular complexity index is 1620. The quantitative estimate of drug-likeness (QED) is 0.297. The minimum Gasteiger partial charge on any atom is -0.320 e. The second-order valence-electron chi connectivity index (χ2n) is 9.41. The second kappa shape index (κ2) is 10.1. The van der Waals surface area contributed by atoms with Crippen molar-refractivity contribution in [1.82, 2.24) is 8.15 Å². The van der Waals surface area contributed by atoms with Crippen LogP contribution in [0.2, 0.25) is 0 Å². The third kappa shape index (κ3) is 4.78.